The molecule has 1 aromatic rings. The number of nitrogens with zero attached hydrogens (tertiary/aromatic N) is 2. The molecule has 2 unspecified atom stereocenters. The molecule has 2 aliphatic heterocycles. The highest BCUT2D eigenvalue weighted by Gasteiger charge is 2.34. The molecule has 26 heavy (non-hydrogen) atoms. The standard InChI is InChI=1S/C19H28N4O2.ClH/c20-13-17-10-4-5-12-23(17)18(24)15-7-6-11-22(14-15)19(25)21-16-8-2-1-3-9-16;/h1-3,8-9,15,17H,4-7,10-14,20H2,(H,21,25);1H. The molecule has 2 saturated heterocycles. The lowest BCUT2D eigenvalue weighted by Crippen LogP contribution is -2.53. The first-order valence-corrected chi connectivity index (χ1v) is 9.30. The summed E-state index contributed by atoms with van der Waals surface area (Å²) in [5, 5.41) is 2.91. The number of likely N-dealkylation sites (tertiary alicyclic amines) is 2. The Balaban J connectivity index is 0.00000243. The van der Waals surface area contributed by atoms with Gasteiger partial charge in [0.25, 0.3) is 0 Å². The van der Waals surface area contributed by atoms with Crippen LogP contribution in [0.4, 0.5) is 10.5 Å². The SMILES string of the molecule is Cl.NCC1CCCCN1C(=O)C1CCCN(C(=O)Nc2ccccc2)C1. The summed E-state index contributed by atoms with van der Waals surface area (Å²) in [6.45, 7) is 2.51. The van der Waals surface area contributed by atoms with Crippen LogP contribution in [0.2, 0.25) is 0 Å². The third-order valence-corrected chi connectivity index (χ3v) is 5.27. The number of halogens is 1. The predicted molar refractivity (Wildman–Crippen MR) is 105 cm³/mol. The van der Waals surface area contributed by atoms with Gasteiger partial charge in [-0.25, -0.2) is 4.79 Å². The highest BCUT2D eigenvalue weighted by atomic mass is 35.5. The molecule has 7 heteroatoms. The van der Waals surface area contributed by atoms with Crippen molar-refractivity contribution >= 4 is 30.0 Å². The molecule has 2 atom stereocenters. The van der Waals surface area contributed by atoms with Crippen LogP contribution in [0.25, 0.3) is 0 Å². The van der Waals surface area contributed by atoms with E-state index >= 15 is 0 Å². The fourth-order valence-electron chi connectivity index (χ4n) is 3.86. The van der Waals surface area contributed by atoms with Gasteiger partial charge >= 0.3 is 6.03 Å². The van der Waals surface area contributed by atoms with Gasteiger partial charge in [-0.05, 0) is 44.2 Å². The monoisotopic (exact) mass is 380 g/mol. The van der Waals surface area contributed by atoms with E-state index < -0.39 is 0 Å². The van der Waals surface area contributed by atoms with Gasteiger partial charge in [-0.15, -0.1) is 12.4 Å². The van der Waals surface area contributed by atoms with Crippen molar-refractivity contribution in [3.63, 3.8) is 0 Å². The van der Waals surface area contributed by atoms with Crippen molar-refractivity contribution in [2.75, 3.05) is 31.5 Å². The number of hydrogen-bond donors (Lipinski definition) is 2. The van der Waals surface area contributed by atoms with Crippen LogP contribution in [-0.2, 0) is 4.79 Å². The molecule has 0 spiro atoms. The minimum atomic E-state index is -0.127. The number of nitrogens with two attached hydrogens (primary N) is 1. The molecule has 2 aliphatic rings. The number of urea groups is 1. The lowest BCUT2D eigenvalue weighted by atomic mass is 9.93. The lowest BCUT2D eigenvalue weighted by molar-refractivity contribution is -0.140. The van der Waals surface area contributed by atoms with Crippen LogP contribution in [0.5, 0.6) is 0 Å². The zero-order chi connectivity index (χ0) is 17.6. The first-order valence-electron chi connectivity index (χ1n) is 9.30. The second-order valence-electron chi connectivity index (χ2n) is 7.00. The number of rotatable bonds is 3. The van der Waals surface area contributed by atoms with E-state index in [0.717, 1.165) is 44.3 Å². The largest absolute Gasteiger partial charge is 0.338 e. The molecule has 2 heterocycles. The van der Waals surface area contributed by atoms with Gasteiger partial charge in [0.1, 0.15) is 0 Å². The maximum Gasteiger partial charge on any atom is 0.321 e. The summed E-state index contributed by atoms with van der Waals surface area (Å²) < 4.78 is 0. The van der Waals surface area contributed by atoms with Gasteiger partial charge in [0.15, 0.2) is 0 Å². The summed E-state index contributed by atoms with van der Waals surface area (Å²) in [4.78, 5) is 29.2. The van der Waals surface area contributed by atoms with Crippen LogP contribution in [0.15, 0.2) is 30.3 Å². The molecule has 6 nitrogen and oxygen atoms in total. The quantitative estimate of drug-likeness (QED) is 0.846. The Kier molecular flexibility index (Phi) is 7.72. The van der Waals surface area contributed by atoms with E-state index in [2.05, 4.69) is 5.32 Å². The molecule has 0 radical (unpaired) electrons. The summed E-state index contributed by atoms with van der Waals surface area (Å²) >= 11 is 0. The number of hydrogen-bond acceptors (Lipinski definition) is 3. The van der Waals surface area contributed by atoms with Gasteiger partial charge in [0, 0.05) is 37.9 Å². The van der Waals surface area contributed by atoms with Crippen LogP contribution in [0.1, 0.15) is 32.1 Å². The van der Waals surface area contributed by atoms with E-state index in [-0.39, 0.29) is 36.3 Å². The summed E-state index contributed by atoms with van der Waals surface area (Å²) in [6, 6.07) is 9.46. The van der Waals surface area contributed by atoms with Gasteiger partial charge in [0.2, 0.25) is 5.91 Å². The molecule has 1 aromatic carbocycles. The minimum absolute atomic E-state index is 0. The zero-order valence-electron chi connectivity index (χ0n) is 15.1. The van der Waals surface area contributed by atoms with Crippen LogP contribution >= 0.6 is 12.4 Å². The topological polar surface area (TPSA) is 78.7 Å². The van der Waals surface area contributed by atoms with Crippen LogP contribution in [-0.4, -0.2) is 54.0 Å². The smallest absolute Gasteiger partial charge is 0.321 e. The first kappa shape index (κ1) is 20.5. The molecule has 0 aliphatic carbocycles. The Bertz CT molecular complexity index is 598. The van der Waals surface area contributed by atoms with Crippen molar-refractivity contribution in [3.8, 4) is 0 Å². The number of nitrogens with one attached hydrogen (secondary N) is 1. The molecule has 3 N–H and O–H groups in total. The summed E-state index contributed by atoms with van der Waals surface area (Å²) in [5.74, 6) is 0.0646. The average molecular weight is 381 g/mol. The number of amides is 3. The van der Waals surface area contributed by atoms with E-state index in [1.54, 1.807) is 4.90 Å². The number of piperidine rings is 2. The van der Waals surface area contributed by atoms with Crippen molar-refractivity contribution in [3.05, 3.63) is 30.3 Å². The van der Waals surface area contributed by atoms with E-state index in [9.17, 15) is 9.59 Å². The van der Waals surface area contributed by atoms with Gasteiger partial charge in [-0.3, -0.25) is 4.79 Å². The number of benzene rings is 1. The Morgan fingerprint density at radius 2 is 1.85 bits per heavy atom. The Morgan fingerprint density at radius 3 is 2.58 bits per heavy atom. The van der Waals surface area contributed by atoms with E-state index in [0.29, 0.717) is 19.6 Å². The number of para-hydroxylation sites is 1. The summed E-state index contributed by atoms with van der Waals surface area (Å²) in [7, 11) is 0. The molecule has 0 aromatic heterocycles. The predicted octanol–water partition coefficient (Wildman–Crippen LogP) is 2.69. The Morgan fingerprint density at radius 1 is 1.08 bits per heavy atom. The molecular formula is C19H29ClN4O2. The van der Waals surface area contributed by atoms with Crippen molar-refractivity contribution in [2.24, 2.45) is 11.7 Å². The molecular weight excluding hydrogens is 352 g/mol. The molecule has 3 amide bonds. The first-order chi connectivity index (χ1) is 12.2. The van der Waals surface area contributed by atoms with Crippen molar-refractivity contribution in [2.45, 2.75) is 38.1 Å². The highest BCUT2D eigenvalue weighted by Crippen LogP contribution is 2.24. The maximum absolute atomic E-state index is 13.0. The van der Waals surface area contributed by atoms with Crippen molar-refractivity contribution in [1.29, 1.82) is 0 Å². The molecule has 3 rings (SSSR count). The zero-order valence-corrected chi connectivity index (χ0v) is 15.9. The number of carbonyl (C=O) groups is 2. The average Bonchev–Trinajstić information content (AvgIpc) is 2.68. The fourth-order valence-corrected chi connectivity index (χ4v) is 3.86. The third kappa shape index (κ3) is 4.89. The maximum atomic E-state index is 13.0. The highest BCUT2D eigenvalue weighted by molar-refractivity contribution is 5.90. The number of carbonyl (C=O) groups excluding carboxylic acids is 2. The van der Waals surface area contributed by atoms with Gasteiger partial charge in [-0.1, -0.05) is 18.2 Å². The normalized spacial score (nSPS) is 23.1. The Hall–Kier alpha value is -1.79. The number of anilines is 1. The molecule has 0 bridgehead atoms. The third-order valence-electron chi connectivity index (χ3n) is 5.27. The van der Waals surface area contributed by atoms with Crippen LogP contribution < -0.4 is 11.1 Å². The molecule has 144 valence electrons. The Labute approximate surface area is 161 Å². The minimum Gasteiger partial charge on any atom is -0.338 e. The van der Waals surface area contributed by atoms with Gasteiger partial charge in [-0.2, -0.15) is 0 Å². The van der Waals surface area contributed by atoms with Crippen LogP contribution in [0.3, 0.4) is 0 Å². The van der Waals surface area contributed by atoms with Crippen LogP contribution in [0, 0.1) is 5.92 Å². The van der Waals surface area contributed by atoms with Gasteiger partial charge < -0.3 is 20.9 Å². The fraction of sp³-hybridized carbons (Fsp3) is 0.579. The molecule has 2 fully saturated rings. The van der Waals surface area contributed by atoms with E-state index in [4.69, 9.17) is 5.73 Å². The second-order valence-corrected chi connectivity index (χ2v) is 7.00. The summed E-state index contributed by atoms with van der Waals surface area (Å²) in [5.41, 5.74) is 6.63. The van der Waals surface area contributed by atoms with Crippen molar-refractivity contribution < 1.29 is 9.59 Å². The summed E-state index contributed by atoms with van der Waals surface area (Å²) in [6.07, 6.45) is 4.89. The van der Waals surface area contributed by atoms with Crippen molar-refractivity contribution in [1.82, 2.24) is 9.80 Å². The van der Waals surface area contributed by atoms with E-state index in [1.165, 1.54) is 0 Å². The lowest BCUT2D eigenvalue weighted by Gasteiger charge is -2.40. The van der Waals surface area contributed by atoms with E-state index in [1.807, 2.05) is 35.2 Å². The van der Waals surface area contributed by atoms with Gasteiger partial charge in [0.05, 0.1) is 5.92 Å². The second kappa shape index (κ2) is 9.78. The molecule has 0 saturated carbocycles.